The lowest BCUT2D eigenvalue weighted by atomic mass is 10.0. The van der Waals surface area contributed by atoms with Crippen molar-refractivity contribution >= 4 is 11.6 Å². The first-order valence-electron chi connectivity index (χ1n) is 6.80. The predicted molar refractivity (Wildman–Crippen MR) is 81.3 cm³/mol. The number of nitrogens with one attached hydrogen (secondary N) is 1. The van der Waals surface area contributed by atoms with Gasteiger partial charge in [-0.05, 0) is 24.6 Å². The summed E-state index contributed by atoms with van der Waals surface area (Å²) in [5.74, 6) is 0.314. The standard InChI is InChI=1S/C15H19ClFN3O/c1-4-18-12(15-13(21-3)9-19-20(15)2)8-10-6-5-7-11(16)14(10)17/h5-7,9,12,18H,4,8H2,1-3H3. The van der Waals surface area contributed by atoms with Gasteiger partial charge in [0.05, 0.1) is 30.1 Å². The van der Waals surface area contributed by atoms with E-state index in [-0.39, 0.29) is 16.9 Å². The van der Waals surface area contributed by atoms with Gasteiger partial charge in [0, 0.05) is 7.05 Å². The Labute approximate surface area is 128 Å². The van der Waals surface area contributed by atoms with Crippen molar-refractivity contribution < 1.29 is 9.13 Å². The van der Waals surface area contributed by atoms with Crippen LogP contribution in [0.15, 0.2) is 24.4 Å². The lowest BCUT2D eigenvalue weighted by molar-refractivity contribution is 0.393. The van der Waals surface area contributed by atoms with Crippen LogP contribution in [0.1, 0.15) is 24.2 Å². The van der Waals surface area contributed by atoms with E-state index in [1.54, 1.807) is 36.2 Å². The Morgan fingerprint density at radius 3 is 2.90 bits per heavy atom. The van der Waals surface area contributed by atoms with Crippen LogP contribution in [0, 0.1) is 5.82 Å². The monoisotopic (exact) mass is 311 g/mol. The van der Waals surface area contributed by atoms with Crippen LogP contribution in [0.25, 0.3) is 0 Å². The molecule has 1 aromatic carbocycles. The van der Waals surface area contributed by atoms with E-state index in [0.717, 1.165) is 12.2 Å². The molecule has 0 amide bonds. The summed E-state index contributed by atoms with van der Waals surface area (Å²) in [6, 6.07) is 4.94. The van der Waals surface area contributed by atoms with Gasteiger partial charge in [0.2, 0.25) is 0 Å². The molecule has 6 heteroatoms. The first-order chi connectivity index (χ1) is 10.1. The van der Waals surface area contributed by atoms with Crippen LogP contribution < -0.4 is 10.1 Å². The molecule has 0 aliphatic rings. The molecule has 0 spiro atoms. The topological polar surface area (TPSA) is 39.1 Å². The Hall–Kier alpha value is -1.59. The maximum atomic E-state index is 14.1. The Morgan fingerprint density at radius 2 is 2.24 bits per heavy atom. The highest BCUT2D eigenvalue weighted by Crippen LogP contribution is 2.29. The van der Waals surface area contributed by atoms with Gasteiger partial charge in [-0.1, -0.05) is 30.7 Å². The largest absolute Gasteiger partial charge is 0.493 e. The second kappa shape index (κ2) is 6.91. The number of ether oxygens (including phenoxy) is 1. The number of hydrogen-bond acceptors (Lipinski definition) is 3. The van der Waals surface area contributed by atoms with Gasteiger partial charge in [-0.25, -0.2) is 4.39 Å². The van der Waals surface area contributed by atoms with Gasteiger partial charge in [0.25, 0.3) is 0 Å². The SMILES string of the molecule is CCNC(Cc1cccc(Cl)c1F)c1c(OC)cnn1C. The molecule has 1 unspecified atom stereocenters. The van der Waals surface area contributed by atoms with E-state index in [9.17, 15) is 4.39 Å². The van der Waals surface area contributed by atoms with E-state index >= 15 is 0 Å². The van der Waals surface area contributed by atoms with Crippen molar-refractivity contribution in [3.8, 4) is 5.75 Å². The molecular formula is C15H19ClFN3O. The number of aryl methyl sites for hydroxylation is 1. The summed E-state index contributed by atoms with van der Waals surface area (Å²) in [7, 11) is 3.44. The average molecular weight is 312 g/mol. The summed E-state index contributed by atoms with van der Waals surface area (Å²) < 4.78 is 21.2. The Morgan fingerprint density at radius 1 is 1.48 bits per heavy atom. The Bertz CT molecular complexity index is 615. The van der Waals surface area contributed by atoms with Crippen LogP contribution in [0.4, 0.5) is 4.39 Å². The van der Waals surface area contributed by atoms with Crippen LogP contribution in [-0.2, 0) is 13.5 Å². The van der Waals surface area contributed by atoms with E-state index in [0.29, 0.717) is 17.7 Å². The zero-order valence-corrected chi connectivity index (χ0v) is 13.1. The third kappa shape index (κ3) is 3.36. The smallest absolute Gasteiger partial charge is 0.161 e. The van der Waals surface area contributed by atoms with Crippen LogP contribution in [0.2, 0.25) is 5.02 Å². The van der Waals surface area contributed by atoms with Gasteiger partial charge in [0.1, 0.15) is 5.82 Å². The van der Waals surface area contributed by atoms with Crippen molar-refractivity contribution in [3.63, 3.8) is 0 Å². The number of hydrogen-bond donors (Lipinski definition) is 1. The van der Waals surface area contributed by atoms with Gasteiger partial charge in [-0.15, -0.1) is 0 Å². The summed E-state index contributed by atoms with van der Waals surface area (Å²) in [4.78, 5) is 0. The molecule has 21 heavy (non-hydrogen) atoms. The second-order valence-corrected chi connectivity index (χ2v) is 5.16. The maximum Gasteiger partial charge on any atom is 0.161 e. The molecule has 0 radical (unpaired) electrons. The molecule has 1 N–H and O–H groups in total. The summed E-state index contributed by atoms with van der Waals surface area (Å²) in [6.45, 7) is 2.76. The van der Waals surface area contributed by atoms with Crippen LogP contribution >= 0.6 is 11.6 Å². The lowest BCUT2D eigenvalue weighted by Gasteiger charge is -2.20. The first-order valence-corrected chi connectivity index (χ1v) is 7.18. The number of likely N-dealkylation sites (N-methyl/N-ethyl adjacent to an activating group) is 1. The minimum atomic E-state index is -0.372. The van der Waals surface area contributed by atoms with Crippen molar-refractivity contribution in [1.82, 2.24) is 15.1 Å². The Kier molecular flexibility index (Phi) is 5.20. The van der Waals surface area contributed by atoms with Crippen molar-refractivity contribution in [2.24, 2.45) is 7.05 Å². The Balaban J connectivity index is 2.35. The van der Waals surface area contributed by atoms with Crippen molar-refractivity contribution in [2.75, 3.05) is 13.7 Å². The van der Waals surface area contributed by atoms with Gasteiger partial charge in [-0.3, -0.25) is 4.68 Å². The maximum absolute atomic E-state index is 14.1. The fourth-order valence-corrected chi connectivity index (χ4v) is 2.61. The molecule has 0 bridgehead atoms. The van der Waals surface area contributed by atoms with Crippen LogP contribution in [0.5, 0.6) is 5.75 Å². The third-order valence-corrected chi connectivity index (χ3v) is 3.70. The summed E-state index contributed by atoms with van der Waals surface area (Å²) >= 11 is 5.85. The summed E-state index contributed by atoms with van der Waals surface area (Å²) in [5.41, 5.74) is 1.45. The first kappa shape index (κ1) is 15.8. The van der Waals surface area contributed by atoms with E-state index < -0.39 is 0 Å². The average Bonchev–Trinajstić information content (AvgIpc) is 2.84. The zero-order chi connectivity index (χ0) is 15.4. The number of rotatable bonds is 6. The lowest BCUT2D eigenvalue weighted by Crippen LogP contribution is -2.26. The van der Waals surface area contributed by atoms with Gasteiger partial charge in [-0.2, -0.15) is 5.10 Å². The number of methoxy groups -OCH3 is 1. The molecule has 114 valence electrons. The van der Waals surface area contributed by atoms with Crippen molar-refractivity contribution in [1.29, 1.82) is 0 Å². The van der Waals surface area contributed by atoms with E-state index in [1.807, 2.05) is 14.0 Å². The fraction of sp³-hybridized carbons (Fsp3) is 0.400. The third-order valence-electron chi connectivity index (χ3n) is 3.41. The van der Waals surface area contributed by atoms with Gasteiger partial charge in [0.15, 0.2) is 5.75 Å². The minimum Gasteiger partial charge on any atom is -0.493 e. The van der Waals surface area contributed by atoms with E-state index in [4.69, 9.17) is 16.3 Å². The second-order valence-electron chi connectivity index (χ2n) is 4.75. The molecule has 0 aliphatic heterocycles. The highest BCUT2D eigenvalue weighted by Gasteiger charge is 2.22. The quantitative estimate of drug-likeness (QED) is 0.891. The molecule has 1 atom stereocenters. The zero-order valence-electron chi connectivity index (χ0n) is 12.4. The molecule has 1 heterocycles. The number of nitrogens with zero attached hydrogens (tertiary/aromatic N) is 2. The molecule has 0 fully saturated rings. The molecule has 0 saturated heterocycles. The van der Waals surface area contributed by atoms with Crippen LogP contribution in [0.3, 0.4) is 0 Å². The minimum absolute atomic E-state index is 0.106. The number of aromatic nitrogens is 2. The fourth-order valence-electron chi connectivity index (χ4n) is 2.42. The normalized spacial score (nSPS) is 12.4. The van der Waals surface area contributed by atoms with Gasteiger partial charge >= 0.3 is 0 Å². The van der Waals surface area contributed by atoms with Crippen molar-refractivity contribution in [2.45, 2.75) is 19.4 Å². The highest BCUT2D eigenvalue weighted by molar-refractivity contribution is 6.30. The number of halogens is 2. The van der Waals surface area contributed by atoms with Crippen LogP contribution in [-0.4, -0.2) is 23.4 Å². The van der Waals surface area contributed by atoms with E-state index in [2.05, 4.69) is 10.4 Å². The summed E-state index contributed by atoms with van der Waals surface area (Å²) in [5, 5.41) is 7.69. The summed E-state index contributed by atoms with van der Waals surface area (Å²) in [6.07, 6.45) is 2.13. The highest BCUT2D eigenvalue weighted by atomic mass is 35.5. The molecule has 2 aromatic rings. The molecule has 0 saturated carbocycles. The molecule has 1 aromatic heterocycles. The molecule has 4 nitrogen and oxygen atoms in total. The van der Waals surface area contributed by atoms with Gasteiger partial charge < -0.3 is 10.1 Å². The molecule has 0 aliphatic carbocycles. The predicted octanol–water partition coefficient (Wildman–Crippen LogP) is 3.11. The molecular weight excluding hydrogens is 293 g/mol. The van der Waals surface area contributed by atoms with Crippen molar-refractivity contribution in [3.05, 3.63) is 46.5 Å². The van der Waals surface area contributed by atoms with E-state index in [1.165, 1.54) is 0 Å². The number of benzene rings is 1. The molecule has 2 rings (SSSR count).